The molecule has 3 aromatic rings. The zero-order valence-corrected chi connectivity index (χ0v) is 15.6. The van der Waals surface area contributed by atoms with Crippen molar-refractivity contribution in [2.24, 2.45) is 0 Å². The first-order valence-corrected chi connectivity index (χ1v) is 9.26. The molecule has 0 N–H and O–H groups in total. The first-order valence-electron chi connectivity index (χ1n) is 8.38. The quantitative estimate of drug-likeness (QED) is 0.597. The lowest BCUT2D eigenvalue weighted by molar-refractivity contribution is 0.208. The number of hydrogen-bond donors (Lipinski definition) is 0. The number of ether oxygens (including phenoxy) is 1. The molecular formula is C19H23N3O2S. The zero-order chi connectivity index (χ0) is 17.6. The molecule has 25 heavy (non-hydrogen) atoms. The highest BCUT2D eigenvalue weighted by atomic mass is 32.1. The monoisotopic (exact) mass is 357 g/mol. The molecule has 2 heterocycles. The Kier molecular flexibility index (Phi) is 5.83. The van der Waals surface area contributed by atoms with Crippen LogP contribution in [0.4, 0.5) is 0 Å². The summed E-state index contributed by atoms with van der Waals surface area (Å²) in [5, 5.41) is 6.11. The minimum absolute atomic E-state index is 0.0945. The van der Waals surface area contributed by atoms with E-state index >= 15 is 0 Å². The van der Waals surface area contributed by atoms with Gasteiger partial charge in [0.05, 0.1) is 18.0 Å². The van der Waals surface area contributed by atoms with Crippen LogP contribution in [0.25, 0.3) is 10.7 Å². The van der Waals surface area contributed by atoms with E-state index in [0.29, 0.717) is 11.7 Å². The Morgan fingerprint density at radius 3 is 2.72 bits per heavy atom. The van der Waals surface area contributed by atoms with Crippen LogP contribution < -0.4 is 4.74 Å². The molecule has 132 valence electrons. The van der Waals surface area contributed by atoms with E-state index in [-0.39, 0.29) is 6.04 Å². The highest BCUT2D eigenvalue weighted by Gasteiger charge is 2.19. The lowest BCUT2D eigenvalue weighted by Gasteiger charge is -2.21. The van der Waals surface area contributed by atoms with Gasteiger partial charge in [-0.25, -0.2) is 0 Å². The molecule has 6 heteroatoms. The van der Waals surface area contributed by atoms with Crippen molar-refractivity contribution in [1.82, 2.24) is 15.0 Å². The van der Waals surface area contributed by atoms with Gasteiger partial charge in [-0.2, -0.15) is 4.98 Å². The molecule has 0 spiro atoms. The van der Waals surface area contributed by atoms with Gasteiger partial charge >= 0.3 is 0 Å². The standard InChI is InChI=1S/C19H23N3O2S/c1-14(19-20-18(21-24-19)17-7-5-13-25-17)22(2)12-4-6-15-8-10-16(23-3)11-9-15/h5,7-11,13-14H,4,6,12H2,1-3H3. The average molecular weight is 357 g/mol. The molecule has 0 aliphatic rings. The Morgan fingerprint density at radius 1 is 1.24 bits per heavy atom. The predicted octanol–water partition coefficient (Wildman–Crippen LogP) is 4.43. The van der Waals surface area contributed by atoms with E-state index < -0.39 is 0 Å². The van der Waals surface area contributed by atoms with Crippen LogP contribution in [0, 0.1) is 0 Å². The van der Waals surface area contributed by atoms with Crippen LogP contribution in [-0.4, -0.2) is 35.7 Å². The number of rotatable bonds is 8. The molecule has 0 aliphatic heterocycles. The summed E-state index contributed by atoms with van der Waals surface area (Å²) in [4.78, 5) is 7.81. The summed E-state index contributed by atoms with van der Waals surface area (Å²) in [5.41, 5.74) is 1.32. The fraction of sp³-hybridized carbons (Fsp3) is 0.368. The fourth-order valence-corrected chi connectivity index (χ4v) is 3.27. The number of aromatic nitrogens is 2. The highest BCUT2D eigenvalue weighted by molar-refractivity contribution is 7.13. The van der Waals surface area contributed by atoms with Gasteiger partial charge in [-0.1, -0.05) is 23.4 Å². The second-order valence-corrected chi connectivity index (χ2v) is 6.99. The number of methoxy groups -OCH3 is 1. The first kappa shape index (κ1) is 17.6. The maximum atomic E-state index is 5.45. The van der Waals surface area contributed by atoms with Crippen molar-refractivity contribution in [3.63, 3.8) is 0 Å². The van der Waals surface area contributed by atoms with Crippen LogP contribution >= 0.6 is 11.3 Å². The molecule has 0 radical (unpaired) electrons. The smallest absolute Gasteiger partial charge is 0.244 e. The number of thiophene rings is 1. The van der Waals surface area contributed by atoms with E-state index in [1.165, 1.54) is 5.56 Å². The molecule has 0 amide bonds. The molecule has 0 fully saturated rings. The minimum atomic E-state index is 0.0945. The van der Waals surface area contributed by atoms with Crippen LogP contribution in [-0.2, 0) is 6.42 Å². The summed E-state index contributed by atoms with van der Waals surface area (Å²) in [6.45, 7) is 3.06. The first-order chi connectivity index (χ1) is 12.2. The summed E-state index contributed by atoms with van der Waals surface area (Å²) >= 11 is 1.62. The molecule has 0 bridgehead atoms. The van der Waals surface area contributed by atoms with Crippen molar-refractivity contribution < 1.29 is 9.26 Å². The van der Waals surface area contributed by atoms with E-state index in [2.05, 4.69) is 41.1 Å². The Bertz CT molecular complexity index is 768. The van der Waals surface area contributed by atoms with Crippen LogP contribution in [0.5, 0.6) is 5.75 Å². The van der Waals surface area contributed by atoms with E-state index in [9.17, 15) is 0 Å². The number of benzene rings is 1. The number of nitrogens with zero attached hydrogens (tertiary/aromatic N) is 3. The fourth-order valence-electron chi connectivity index (χ4n) is 2.62. The second kappa shape index (κ2) is 8.27. The third-order valence-electron chi connectivity index (χ3n) is 4.34. The van der Waals surface area contributed by atoms with Gasteiger partial charge in [-0.3, -0.25) is 4.90 Å². The Hall–Kier alpha value is -2.18. The second-order valence-electron chi connectivity index (χ2n) is 6.04. The largest absolute Gasteiger partial charge is 0.497 e. The van der Waals surface area contributed by atoms with Crippen LogP contribution in [0.15, 0.2) is 46.3 Å². The predicted molar refractivity (Wildman–Crippen MR) is 100.0 cm³/mol. The van der Waals surface area contributed by atoms with Crippen molar-refractivity contribution in [2.45, 2.75) is 25.8 Å². The molecule has 5 nitrogen and oxygen atoms in total. The summed E-state index contributed by atoms with van der Waals surface area (Å²) in [7, 11) is 3.78. The number of hydrogen-bond acceptors (Lipinski definition) is 6. The molecule has 0 aliphatic carbocycles. The van der Waals surface area contributed by atoms with Gasteiger partial charge < -0.3 is 9.26 Å². The van der Waals surface area contributed by atoms with Crippen molar-refractivity contribution in [2.75, 3.05) is 20.7 Å². The summed E-state index contributed by atoms with van der Waals surface area (Å²) in [6, 6.07) is 12.3. The molecule has 0 saturated heterocycles. The number of aryl methyl sites for hydroxylation is 1. The Labute approximate surface area is 152 Å². The molecule has 0 saturated carbocycles. The third kappa shape index (κ3) is 4.46. The summed E-state index contributed by atoms with van der Waals surface area (Å²) in [5.74, 6) is 2.23. The Morgan fingerprint density at radius 2 is 2.04 bits per heavy atom. The lowest BCUT2D eigenvalue weighted by Crippen LogP contribution is -2.24. The maximum Gasteiger partial charge on any atom is 0.244 e. The van der Waals surface area contributed by atoms with Crippen molar-refractivity contribution >= 4 is 11.3 Å². The molecule has 1 unspecified atom stereocenters. The van der Waals surface area contributed by atoms with Gasteiger partial charge in [0.15, 0.2) is 0 Å². The van der Waals surface area contributed by atoms with Gasteiger partial charge in [-0.15, -0.1) is 11.3 Å². The molecule has 2 aromatic heterocycles. The molecule has 3 rings (SSSR count). The summed E-state index contributed by atoms with van der Waals surface area (Å²) in [6.07, 6.45) is 2.10. The van der Waals surface area contributed by atoms with E-state index in [1.54, 1.807) is 18.4 Å². The summed E-state index contributed by atoms with van der Waals surface area (Å²) < 4.78 is 10.6. The maximum absolute atomic E-state index is 5.45. The molecule has 1 atom stereocenters. The lowest BCUT2D eigenvalue weighted by atomic mass is 10.1. The molecule has 1 aromatic carbocycles. The van der Waals surface area contributed by atoms with Gasteiger partial charge in [-0.05, 0) is 62.5 Å². The zero-order valence-electron chi connectivity index (χ0n) is 14.8. The Balaban J connectivity index is 1.51. The van der Waals surface area contributed by atoms with Crippen molar-refractivity contribution in [3.05, 3.63) is 53.2 Å². The normalized spacial score (nSPS) is 12.5. The van der Waals surface area contributed by atoms with Crippen molar-refractivity contribution in [1.29, 1.82) is 0 Å². The van der Waals surface area contributed by atoms with E-state index in [1.807, 2.05) is 29.6 Å². The minimum Gasteiger partial charge on any atom is -0.497 e. The third-order valence-corrected chi connectivity index (χ3v) is 5.20. The average Bonchev–Trinajstić information content (AvgIpc) is 3.33. The van der Waals surface area contributed by atoms with Gasteiger partial charge in [0.2, 0.25) is 11.7 Å². The SMILES string of the molecule is COc1ccc(CCCN(C)C(C)c2nc(-c3cccs3)no2)cc1. The van der Waals surface area contributed by atoms with Crippen LogP contribution in [0.1, 0.15) is 30.8 Å². The van der Waals surface area contributed by atoms with Gasteiger partial charge in [0.1, 0.15) is 5.75 Å². The van der Waals surface area contributed by atoms with Gasteiger partial charge in [0, 0.05) is 0 Å². The highest BCUT2D eigenvalue weighted by Crippen LogP contribution is 2.25. The van der Waals surface area contributed by atoms with Crippen molar-refractivity contribution in [3.8, 4) is 16.5 Å². The topological polar surface area (TPSA) is 51.4 Å². The van der Waals surface area contributed by atoms with E-state index in [0.717, 1.165) is 30.0 Å². The van der Waals surface area contributed by atoms with E-state index in [4.69, 9.17) is 9.26 Å². The van der Waals surface area contributed by atoms with Crippen LogP contribution in [0.2, 0.25) is 0 Å². The molecular weight excluding hydrogens is 334 g/mol. The van der Waals surface area contributed by atoms with Crippen LogP contribution in [0.3, 0.4) is 0 Å². The van der Waals surface area contributed by atoms with Gasteiger partial charge in [0.25, 0.3) is 0 Å².